The molecule has 0 aliphatic rings. The van der Waals surface area contributed by atoms with Gasteiger partial charge in [0.2, 0.25) is 5.91 Å². The van der Waals surface area contributed by atoms with Crippen LogP contribution in [0, 0.1) is 0 Å². The standard InChI is InChI=1S/C43H81N2O6P/c1-3-5-7-9-11-13-15-17-19-20-21-22-23-25-27-29-31-33-35-37-43(47)45-41(40-51-52(48,49)50-39-38-44)42(46)36-34-32-30-28-26-24-18-16-14-12-10-8-6-4-2/h14,16-17,19,26,28,34,36,41-42,46H,3-13,15,18,20-25,27,29-33,35,37-40,44H2,1-2H3,(H,45,47)(H,48,49)/b16-14+,19-17-,28-26+,36-34+. The van der Waals surface area contributed by atoms with Gasteiger partial charge in [-0.05, 0) is 70.6 Å². The number of phosphoric acid groups is 1. The van der Waals surface area contributed by atoms with Gasteiger partial charge in [0, 0.05) is 13.0 Å². The fourth-order valence-electron chi connectivity index (χ4n) is 5.86. The van der Waals surface area contributed by atoms with Crippen molar-refractivity contribution in [1.82, 2.24) is 5.32 Å². The number of phosphoric ester groups is 1. The van der Waals surface area contributed by atoms with Gasteiger partial charge in [0.05, 0.1) is 25.4 Å². The third-order valence-electron chi connectivity index (χ3n) is 9.10. The molecule has 0 aromatic rings. The summed E-state index contributed by atoms with van der Waals surface area (Å²) < 4.78 is 22.1. The molecule has 9 heteroatoms. The molecule has 0 spiro atoms. The number of hydrogen-bond acceptors (Lipinski definition) is 6. The van der Waals surface area contributed by atoms with E-state index in [9.17, 15) is 19.4 Å². The average Bonchev–Trinajstić information content (AvgIpc) is 3.13. The van der Waals surface area contributed by atoms with Crippen molar-refractivity contribution in [3.05, 3.63) is 48.6 Å². The van der Waals surface area contributed by atoms with Gasteiger partial charge in [0.15, 0.2) is 0 Å². The number of carbonyl (C=O) groups is 1. The van der Waals surface area contributed by atoms with Gasteiger partial charge in [0.25, 0.3) is 0 Å². The fourth-order valence-corrected chi connectivity index (χ4v) is 6.62. The predicted molar refractivity (Wildman–Crippen MR) is 221 cm³/mol. The Labute approximate surface area is 320 Å². The number of unbranched alkanes of at least 4 members (excludes halogenated alkanes) is 21. The molecule has 304 valence electrons. The Bertz CT molecular complexity index is 954. The monoisotopic (exact) mass is 753 g/mol. The molecule has 0 aliphatic carbocycles. The zero-order valence-electron chi connectivity index (χ0n) is 33.5. The molecule has 3 atom stereocenters. The highest BCUT2D eigenvalue weighted by Crippen LogP contribution is 2.43. The Morgan fingerprint density at radius 3 is 1.50 bits per heavy atom. The number of nitrogens with one attached hydrogen (secondary N) is 1. The third kappa shape index (κ3) is 36.8. The number of nitrogens with two attached hydrogens (primary N) is 1. The van der Waals surface area contributed by atoms with Gasteiger partial charge < -0.3 is 21.1 Å². The first-order valence-corrected chi connectivity index (χ1v) is 22.8. The first-order valence-electron chi connectivity index (χ1n) is 21.3. The molecule has 0 aromatic heterocycles. The van der Waals surface area contributed by atoms with Crippen LogP contribution in [-0.4, -0.2) is 47.8 Å². The van der Waals surface area contributed by atoms with Crippen molar-refractivity contribution in [3.8, 4) is 0 Å². The van der Waals surface area contributed by atoms with Gasteiger partial charge >= 0.3 is 7.82 Å². The van der Waals surface area contributed by atoms with Gasteiger partial charge in [-0.25, -0.2) is 4.57 Å². The van der Waals surface area contributed by atoms with E-state index in [0.29, 0.717) is 6.42 Å². The van der Waals surface area contributed by atoms with Crippen LogP contribution >= 0.6 is 7.82 Å². The topological polar surface area (TPSA) is 131 Å². The molecule has 0 heterocycles. The number of carbonyl (C=O) groups excluding carboxylic acids is 1. The lowest BCUT2D eigenvalue weighted by molar-refractivity contribution is -0.123. The third-order valence-corrected chi connectivity index (χ3v) is 10.1. The summed E-state index contributed by atoms with van der Waals surface area (Å²) >= 11 is 0. The maximum Gasteiger partial charge on any atom is 0.472 e. The van der Waals surface area contributed by atoms with Gasteiger partial charge in [0.1, 0.15) is 0 Å². The summed E-state index contributed by atoms with van der Waals surface area (Å²) in [7, 11) is -4.35. The van der Waals surface area contributed by atoms with E-state index in [1.165, 1.54) is 116 Å². The zero-order chi connectivity index (χ0) is 38.2. The molecular formula is C43H81N2O6P. The van der Waals surface area contributed by atoms with Crippen molar-refractivity contribution in [2.75, 3.05) is 19.8 Å². The first-order chi connectivity index (χ1) is 25.4. The largest absolute Gasteiger partial charge is 0.472 e. The minimum absolute atomic E-state index is 0.0704. The maximum absolute atomic E-state index is 12.7. The number of aliphatic hydroxyl groups is 1. The summed E-state index contributed by atoms with van der Waals surface area (Å²) in [5.41, 5.74) is 5.36. The van der Waals surface area contributed by atoms with Crippen LogP contribution in [0.15, 0.2) is 48.6 Å². The fraction of sp³-hybridized carbons (Fsp3) is 0.791. The van der Waals surface area contributed by atoms with Crippen LogP contribution in [0.3, 0.4) is 0 Å². The van der Waals surface area contributed by atoms with Crippen LogP contribution in [0.25, 0.3) is 0 Å². The molecule has 1 amide bonds. The second-order valence-electron chi connectivity index (χ2n) is 14.2. The molecule has 0 aliphatic heterocycles. The van der Waals surface area contributed by atoms with Gasteiger partial charge in [-0.3, -0.25) is 13.8 Å². The summed E-state index contributed by atoms with van der Waals surface area (Å²) in [6.07, 6.45) is 47.3. The average molecular weight is 753 g/mol. The summed E-state index contributed by atoms with van der Waals surface area (Å²) in [6.45, 7) is 4.07. The molecule has 5 N–H and O–H groups in total. The van der Waals surface area contributed by atoms with Crippen molar-refractivity contribution in [2.45, 2.75) is 199 Å². The molecule has 0 radical (unpaired) electrons. The normalized spacial score (nSPS) is 14.6. The molecule has 0 saturated heterocycles. The summed E-state index contributed by atoms with van der Waals surface area (Å²) in [4.78, 5) is 22.7. The van der Waals surface area contributed by atoms with Crippen molar-refractivity contribution < 1.29 is 28.4 Å². The molecular weight excluding hydrogens is 671 g/mol. The second-order valence-corrected chi connectivity index (χ2v) is 15.6. The van der Waals surface area contributed by atoms with Crippen molar-refractivity contribution in [1.29, 1.82) is 0 Å². The van der Waals surface area contributed by atoms with Crippen LogP contribution in [-0.2, 0) is 18.4 Å². The van der Waals surface area contributed by atoms with Crippen molar-refractivity contribution in [2.24, 2.45) is 5.73 Å². The molecule has 52 heavy (non-hydrogen) atoms. The molecule has 0 aromatic carbocycles. The first kappa shape index (κ1) is 50.5. The summed E-state index contributed by atoms with van der Waals surface area (Å²) in [6, 6.07) is -0.884. The van der Waals surface area contributed by atoms with Gasteiger partial charge in [-0.15, -0.1) is 0 Å². The lowest BCUT2D eigenvalue weighted by Gasteiger charge is -2.23. The highest BCUT2D eigenvalue weighted by atomic mass is 31.2. The molecule has 0 bridgehead atoms. The van der Waals surface area contributed by atoms with E-state index in [2.05, 4.69) is 55.6 Å². The van der Waals surface area contributed by atoms with Gasteiger partial charge in [-0.1, -0.05) is 159 Å². The van der Waals surface area contributed by atoms with E-state index in [-0.39, 0.29) is 25.7 Å². The van der Waals surface area contributed by atoms with E-state index in [1.54, 1.807) is 6.08 Å². The van der Waals surface area contributed by atoms with E-state index in [1.807, 2.05) is 6.08 Å². The lowest BCUT2D eigenvalue weighted by Crippen LogP contribution is -2.45. The molecule has 0 saturated carbocycles. The van der Waals surface area contributed by atoms with E-state index in [0.717, 1.165) is 51.4 Å². The van der Waals surface area contributed by atoms with E-state index < -0.39 is 20.0 Å². The number of aliphatic hydroxyl groups excluding tert-OH is 1. The second kappa shape index (κ2) is 39.2. The highest BCUT2D eigenvalue weighted by molar-refractivity contribution is 7.47. The van der Waals surface area contributed by atoms with Crippen LogP contribution in [0.1, 0.15) is 187 Å². The van der Waals surface area contributed by atoms with Crippen molar-refractivity contribution in [3.63, 3.8) is 0 Å². The van der Waals surface area contributed by atoms with E-state index in [4.69, 9.17) is 14.8 Å². The van der Waals surface area contributed by atoms with Gasteiger partial charge in [-0.2, -0.15) is 0 Å². The molecule has 3 unspecified atom stereocenters. The quantitative estimate of drug-likeness (QED) is 0.0279. The Hall–Kier alpha value is -1.54. The van der Waals surface area contributed by atoms with Crippen LogP contribution in [0.2, 0.25) is 0 Å². The van der Waals surface area contributed by atoms with Crippen LogP contribution < -0.4 is 11.1 Å². The van der Waals surface area contributed by atoms with E-state index >= 15 is 0 Å². The number of rotatable bonds is 39. The number of hydrogen-bond donors (Lipinski definition) is 4. The smallest absolute Gasteiger partial charge is 0.387 e. The summed E-state index contributed by atoms with van der Waals surface area (Å²) in [5.74, 6) is -0.212. The van der Waals surface area contributed by atoms with Crippen LogP contribution in [0.5, 0.6) is 0 Å². The minimum atomic E-state index is -4.35. The molecule has 0 rings (SSSR count). The summed E-state index contributed by atoms with van der Waals surface area (Å²) in [5, 5.41) is 13.6. The Morgan fingerprint density at radius 2 is 1.02 bits per heavy atom. The zero-order valence-corrected chi connectivity index (χ0v) is 34.4. The highest BCUT2D eigenvalue weighted by Gasteiger charge is 2.26. The van der Waals surface area contributed by atoms with Crippen LogP contribution in [0.4, 0.5) is 0 Å². The SMILES string of the molecule is CCCCCC/C=C/CC/C=C/CC/C=C/C(O)C(COP(=O)(O)OCCN)NC(=O)CCCCCCCCCCC/C=C\CCCCCCCC. The predicted octanol–water partition coefficient (Wildman–Crippen LogP) is 11.7. The molecule has 0 fully saturated rings. The van der Waals surface area contributed by atoms with Crippen molar-refractivity contribution >= 4 is 13.7 Å². The number of amides is 1. The maximum atomic E-state index is 12.7. The number of allylic oxidation sites excluding steroid dienone is 7. The minimum Gasteiger partial charge on any atom is -0.387 e. The Morgan fingerprint density at radius 1 is 0.615 bits per heavy atom. The molecule has 8 nitrogen and oxygen atoms in total. The Kier molecular flexibility index (Phi) is 38.0. The lowest BCUT2D eigenvalue weighted by atomic mass is 10.0. The Balaban J connectivity index is 4.27.